The summed E-state index contributed by atoms with van der Waals surface area (Å²) in [4.78, 5) is 27.3. The number of rotatable bonds is 7. The van der Waals surface area contributed by atoms with Crippen molar-refractivity contribution < 1.29 is 36.6 Å². The number of nitrogens with zero attached hydrogens (tertiary/aromatic N) is 3. The second kappa shape index (κ2) is 17.0. The van der Waals surface area contributed by atoms with Crippen molar-refractivity contribution in [3.8, 4) is 0 Å². The van der Waals surface area contributed by atoms with Crippen molar-refractivity contribution in [2.45, 2.75) is 62.2 Å². The number of carbonyl (C=O) groups is 2. The van der Waals surface area contributed by atoms with Crippen molar-refractivity contribution in [1.82, 2.24) is 14.9 Å². The number of anilines is 2. The molecule has 6 rings (SSSR count). The SMILES string of the molecule is Cc1nc2cc(SN(C)c3ccc([C@@H]4CCCCC4C(=O)O)cc3)ccc2n1C.FC1CCNC1.O=CNc1ccc(C(F)(F)F)cc1F. The van der Waals surface area contributed by atoms with Crippen LogP contribution in [0.3, 0.4) is 0 Å². The zero-order valence-corrected chi connectivity index (χ0v) is 28.3. The van der Waals surface area contributed by atoms with Gasteiger partial charge in [0.15, 0.2) is 0 Å². The van der Waals surface area contributed by atoms with Crippen LogP contribution in [0.15, 0.2) is 65.6 Å². The van der Waals surface area contributed by atoms with E-state index in [2.05, 4.69) is 61.6 Å². The molecule has 1 aliphatic heterocycles. The van der Waals surface area contributed by atoms with Gasteiger partial charge in [-0.15, -0.1) is 0 Å². The summed E-state index contributed by atoms with van der Waals surface area (Å²) in [6.45, 7) is 3.45. The van der Waals surface area contributed by atoms with E-state index in [1.807, 2.05) is 26.3 Å². The van der Waals surface area contributed by atoms with Crippen LogP contribution in [0.1, 0.15) is 55.0 Å². The number of aliphatic carboxylic acids is 1. The third-order valence-electron chi connectivity index (χ3n) is 8.60. The number of aryl methyl sites for hydroxylation is 2. The number of benzene rings is 3. The summed E-state index contributed by atoms with van der Waals surface area (Å²) in [5, 5.41) is 14.4. The highest BCUT2D eigenvalue weighted by molar-refractivity contribution is 8.00. The van der Waals surface area contributed by atoms with Crippen molar-refractivity contribution >= 4 is 46.7 Å². The van der Waals surface area contributed by atoms with Gasteiger partial charge in [-0.2, -0.15) is 13.2 Å². The number of hydrogen-bond acceptors (Lipinski definition) is 6. The van der Waals surface area contributed by atoms with E-state index in [1.165, 1.54) is 0 Å². The monoisotopic (exact) mass is 705 g/mol. The second-order valence-corrected chi connectivity index (χ2v) is 13.1. The predicted octanol–water partition coefficient (Wildman–Crippen LogP) is 8.11. The Bertz CT molecular complexity index is 1710. The Balaban J connectivity index is 0.000000223. The molecule has 1 saturated heterocycles. The van der Waals surface area contributed by atoms with Crippen LogP contribution in [0.2, 0.25) is 0 Å². The van der Waals surface area contributed by atoms with Crippen LogP contribution in [0, 0.1) is 18.7 Å². The quantitative estimate of drug-likeness (QED) is 0.102. The zero-order valence-electron chi connectivity index (χ0n) is 27.4. The minimum atomic E-state index is -4.58. The predicted molar refractivity (Wildman–Crippen MR) is 182 cm³/mol. The summed E-state index contributed by atoms with van der Waals surface area (Å²) in [5.41, 5.74) is 3.01. The number of amides is 1. The van der Waals surface area contributed by atoms with E-state index in [0.717, 1.165) is 71.3 Å². The Morgan fingerprint density at radius 3 is 2.37 bits per heavy atom. The lowest BCUT2D eigenvalue weighted by Crippen LogP contribution is -2.25. The molecule has 0 bridgehead atoms. The lowest BCUT2D eigenvalue weighted by Gasteiger charge is -2.29. The van der Waals surface area contributed by atoms with Crippen molar-refractivity contribution in [2.24, 2.45) is 13.0 Å². The number of hydrogen-bond donors (Lipinski definition) is 3. The smallest absolute Gasteiger partial charge is 0.416 e. The van der Waals surface area contributed by atoms with Crippen LogP contribution in [-0.4, -0.2) is 53.3 Å². The van der Waals surface area contributed by atoms with E-state index in [0.29, 0.717) is 25.1 Å². The number of halogens is 5. The molecule has 49 heavy (non-hydrogen) atoms. The Kier molecular flexibility index (Phi) is 13.0. The molecule has 1 amide bonds. The van der Waals surface area contributed by atoms with E-state index in [9.17, 15) is 36.6 Å². The fourth-order valence-electron chi connectivity index (χ4n) is 5.82. The standard InChI is InChI=1S/C23H27N3O2S.C8H5F4NO.C4H8FN/c1-15-24-21-14-18(12-13-22(21)25(15)2)29-26(3)17-10-8-16(9-11-17)19-6-4-5-7-20(19)23(27)28;9-6-3-5(8(10,11)12)1-2-7(6)13-4-14;5-4-1-2-6-3-4/h8-14,19-20H,4-7H2,1-3H3,(H,27,28);1-4H,(H,13,14);4,6H,1-3H2/t19-,20?;;/m0../s1. The van der Waals surface area contributed by atoms with Gasteiger partial charge in [-0.3, -0.25) is 9.59 Å². The molecule has 4 aromatic rings. The van der Waals surface area contributed by atoms with Gasteiger partial charge in [-0.25, -0.2) is 13.8 Å². The molecule has 1 aliphatic carbocycles. The number of carboxylic acids is 1. The molecule has 2 heterocycles. The van der Waals surface area contributed by atoms with E-state index >= 15 is 0 Å². The zero-order chi connectivity index (χ0) is 35.7. The third kappa shape index (κ3) is 10.2. The summed E-state index contributed by atoms with van der Waals surface area (Å²) in [5.74, 6) is -0.898. The number of imidazole rings is 1. The average Bonchev–Trinajstić information content (AvgIpc) is 3.67. The lowest BCUT2D eigenvalue weighted by atomic mass is 9.75. The molecule has 2 fully saturated rings. The number of aromatic nitrogens is 2. The van der Waals surface area contributed by atoms with Crippen LogP contribution in [0.5, 0.6) is 0 Å². The molecule has 14 heteroatoms. The van der Waals surface area contributed by atoms with Gasteiger partial charge in [0.2, 0.25) is 6.41 Å². The maximum absolute atomic E-state index is 12.8. The van der Waals surface area contributed by atoms with E-state index in [-0.39, 0.29) is 23.9 Å². The van der Waals surface area contributed by atoms with Gasteiger partial charge in [0.05, 0.1) is 28.2 Å². The molecule has 1 saturated carbocycles. The maximum Gasteiger partial charge on any atom is 0.416 e. The highest BCUT2D eigenvalue weighted by Crippen LogP contribution is 2.39. The molecule has 3 atom stereocenters. The average molecular weight is 706 g/mol. The molecule has 3 N–H and O–H groups in total. The molecule has 264 valence electrons. The van der Waals surface area contributed by atoms with Gasteiger partial charge < -0.3 is 24.6 Å². The van der Waals surface area contributed by atoms with Gasteiger partial charge in [0.25, 0.3) is 0 Å². The first-order chi connectivity index (χ1) is 23.3. The first-order valence-corrected chi connectivity index (χ1v) is 16.6. The summed E-state index contributed by atoms with van der Waals surface area (Å²) in [6, 6.07) is 16.6. The van der Waals surface area contributed by atoms with Crippen LogP contribution in [0.25, 0.3) is 11.0 Å². The molecular weight excluding hydrogens is 665 g/mol. The van der Waals surface area contributed by atoms with E-state index in [4.69, 9.17) is 0 Å². The largest absolute Gasteiger partial charge is 0.481 e. The number of nitrogens with one attached hydrogen (secondary N) is 2. The fourth-order valence-corrected chi connectivity index (χ4v) is 6.65. The molecule has 1 aromatic heterocycles. The molecule has 8 nitrogen and oxygen atoms in total. The highest BCUT2D eigenvalue weighted by Gasteiger charge is 2.32. The third-order valence-corrected chi connectivity index (χ3v) is 9.55. The maximum atomic E-state index is 12.8. The van der Waals surface area contributed by atoms with Crippen molar-refractivity contribution in [3.05, 3.63) is 83.4 Å². The number of fused-ring (bicyclic) bond motifs is 1. The molecule has 0 radical (unpaired) electrons. The van der Waals surface area contributed by atoms with Gasteiger partial charge in [0, 0.05) is 31.2 Å². The summed E-state index contributed by atoms with van der Waals surface area (Å²) in [6.07, 6.45) is -0.374. The minimum absolute atomic E-state index is 0.128. The summed E-state index contributed by atoms with van der Waals surface area (Å²) >= 11 is 1.66. The number of carbonyl (C=O) groups excluding carboxylic acids is 1. The van der Waals surface area contributed by atoms with Crippen molar-refractivity contribution in [2.75, 3.05) is 29.8 Å². The van der Waals surface area contributed by atoms with Gasteiger partial charge in [-0.1, -0.05) is 25.0 Å². The van der Waals surface area contributed by atoms with Gasteiger partial charge >= 0.3 is 12.1 Å². The molecule has 0 spiro atoms. The minimum Gasteiger partial charge on any atom is -0.481 e. The summed E-state index contributed by atoms with van der Waals surface area (Å²) < 4.78 is 65.0. The first-order valence-electron chi connectivity index (χ1n) is 15.9. The Labute approximate surface area is 286 Å². The normalized spacial score (nSPS) is 18.9. The van der Waals surface area contributed by atoms with Gasteiger partial charge in [-0.05, 0) is 105 Å². The second-order valence-electron chi connectivity index (χ2n) is 11.9. The number of alkyl halides is 4. The van der Waals surface area contributed by atoms with Crippen LogP contribution >= 0.6 is 11.9 Å². The Morgan fingerprint density at radius 2 is 1.80 bits per heavy atom. The van der Waals surface area contributed by atoms with E-state index < -0.39 is 29.7 Å². The summed E-state index contributed by atoms with van der Waals surface area (Å²) in [7, 11) is 4.08. The van der Waals surface area contributed by atoms with Crippen LogP contribution in [-0.2, 0) is 22.8 Å². The fraction of sp³-hybridized carbons (Fsp3) is 0.400. The van der Waals surface area contributed by atoms with E-state index in [1.54, 1.807) is 11.9 Å². The van der Waals surface area contributed by atoms with Crippen molar-refractivity contribution in [1.29, 1.82) is 0 Å². The molecular formula is C35H40F5N5O3S. The highest BCUT2D eigenvalue weighted by atomic mass is 32.2. The van der Waals surface area contributed by atoms with Gasteiger partial charge in [0.1, 0.15) is 17.8 Å². The van der Waals surface area contributed by atoms with Crippen LogP contribution < -0.4 is 14.9 Å². The topological polar surface area (TPSA) is 99.5 Å². The molecule has 3 aromatic carbocycles. The lowest BCUT2D eigenvalue weighted by molar-refractivity contribution is -0.143. The number of carboxylic acid groups (broad SMARTS) is 1. The Hall–Kier alpha value is -4.17. The van der Waals surface area contributed by atoms with Crippen molar-refractivity contribution in [3.63, 3.8) is 0 Å². The van der Waals surface area contributed by atoms with Crippen LogP contribution in [0.4, 0.5) is 33.3 Å². The Morgan fingerprint density at radius 1 is 1.08 bits per heavy atom. The first kappa shape index (κ1) is 37.6. The molecule has 2 unspecified atom stereocenters. The molecule has 2 aliphatic rings.